The third kappa shape index (κ3) is 3.18. The van der Waals surface area contributed by atoms with Gasteiger partial charge in [-0.2, -0.15) is 0 Å². The van der Waals surface area contributed by atoms with Gasteiger partial charge in [0.15, 0.2) is 0 Å². The molecular weight excluding hydrogens is 218 g/mol. The summed E-state index contributed by atoms with van der Waals surface area (Å²) in [6.07, 6.45) is 2.49. The van der Waals surface area contributed by atoms with E-state index in [1.54, 1.807) is 0 Å². The van der Waals surface area contributed by atoms with Crippen molar-refractivity contribution in [1.29, 1.82) is 0 Å². The van der Waals surface area contributed by atoms with Crippen LogP contribution in [0.25, 0.3) is 0 Å². The zero-order valence-electron chi connectivity index (χ0n) is 10.8. The number of nitrogens with zero attached hydrogens (tertiary/aromatic N) is 2. The van der Waals surface area contributed by atoms with Crippen LogP contribution in [0.1, 0.15) is 12.8 Å². The van der Waals surface area contributed by atoms with Crippen molar-refractivity contribution in [2.75, 3.05) is 46.9 Å². The van der Waals surface area contributed by atoms with E-state index in [1.807, 2.05) is 19.0 Å². The maximum absolute atomic E-state index is 12.0. The molecule has 2 rings (SSSR count). The SMILES string of the molecule is CNCC1CN(CC2CCCO2)C(=O)CN1C. The van der Waals surface area contributed by atoms with E-state index in [0.29, 0.717) is 12.6 Å². The van der Waals surface area contributed by atoms with Crippen molar-refractivity contribution in [2.45, 2.75) is 25.0 Å². The number of nitrogens with one attached hydrogen (secondary N) is 1. The molecule has 5 heteroatoms. The molecule has 2 saturated heterocycles. The molecule has 2 unspecified atom stereocenters. The maximum Gasteiger partial charge on any atom is 0.236 e. The van der Waals surface area contributed by atoms with E-state index >= 15 is 0 Å². The Balaban J connectivity index is 1.89. The fraction of sp³-hybridized carbons (Fsp3) is 0.917. The van der Waals surface area contributed by atoms with Crippen molar-refractivity contribution < 1.29 is 9.53 Å². The maximum atomic E-state index is 12.0. The van der Waals surface area contributed by atoms with E-state index < -0.39 is 0 Å². The van der Waals surface area contributed by atoms with E-state index in [4.69, 9.17) is 4.74 Å². The molecule has 1 amide bonds. The molecular formula is C12H23N3O2. The summed E-state index contributed by atoms with van der Waals surface area (Å²) in [6, 6.07) is 0.416. The Morgan fingerprint density at radius 2 is 2.35 bits per heavy atom. The number of ether oxygens (including phenoxy) is 1. The van der Waals surface area contributed by atoms with Crippen LogP contribution in [0.4, 0.5) is 0 Å². The largest absolute Gasteiger partial charge is 0.376 e. The number of carbonyl (C=O) groups is 1. The molecule has 98 valence electrons. The zero-order valence-corrected chi connectivity index (χ0v) is 10.8. The molecule has 0 radical (unpaired) electrons. The highest BCUT2D eigenvalue weighted by Gasteiger charge is 2.31. The summed E-state index contributed by atoms with van der Waals surface area (Å²) in [5, 5.41) is 3.19. The van der Waals surface area contributed by atoms with Gasteiger partial charge in [-0.15, -0.1) is 0 Å². The number of hydrogen-bond donors (Lipinski definition) is 1. The van der Waals surface area contributed by atoms with Crippen LogP contribution in [0.2, 0.25) is 0 Å². The Labute approximate surface area is 103 Å². The van der Waals surface area contributed by atoms with Crippen molar-refractivity contribution in [3.05, 3.63) is 0 Å². The van der Waals surface area contributed by atoms with E-state index in [-0.39, 0.29) is 12.0 Å². The lowest BCUT2D eigenvalue weighted by atomic mass is 10.1. The molecule has 17 heavy (non-hydrogen) atoms. The molecule has 2 atom stereocenters. The average molecular weight is 241 g/mol. The van der Waals surface area contributed by atoms with Gasteiger partial charge in [-0.05, 0) is 26.9 Å². The number of piperazine rings is 1. The first-order valence-electron chi connectivity index (χ1n) is 6.45. The molecule has 0 spiro atoms. The van der Waals surface area contributed by atoms with Gasteiger partial charge in [-0.3, -0.25) is 9.69 Å². The van der Waals surface area contributed by atoms with Crippen LogP contribution >= 0.6 is 0 Å². The van der Waals surface area contributed by atoms with Gasteiger partial charge in [0.25, 0.3) is 0 Å². The highest BCUT2D eigenvalue weighted by atomic mass is 16.5. The molecule has 1 N–H and O–H groups in total. The smallest absolute Gasteiger partial charge is 0.236 e. The van der Waals surface area contributed by atoms with Crippen molar-refractivity contribution in [3.63, 3.8) is 0 Å². The van der Waals surface area contributed by atoms with Crippen molar-refractivity contribution in [2.24, 2.45) is 0 Å². The van der Waals surface area contributed by atoms with Crippen LogP contribution in [0, 0.1) is 0 Å². The summed E-state index contributed by atoms with van der Waals surface area (Å²) in [5.74, 6) is 0.232. The van der Waals surface area contributed by atoms with Crippen LogP contribution < -0.4 is 5.32 Å². The Hall–Kier alpha value is -0.650. The molecule has 0 aromatic heterocycles. The average Bonchev–Trinajstić information content (AvgIpc) is 2.78. The van der Waals surface area contributed by atoms with Gasteiger partial charge in [0.05, 0.1) is 12.6 Å². The van der Waals surface area contributed by atoms with Crippen LogP contribution in [0.5, 0.6) is 0 Å². The molecule has 2 aliphatic rings. The first-order chi connectivity index (χ1) is 8.20. The molecule has 5 nitrogen and oxygen atoms in total. The van der Waals surface area contributed by atoms with Gasteiger partial charge < -0.3 is 15.0 Å². The predicted octanol–water partition coefficient (Wildman–Crippen LogP) is -0.473. The fourth-order valence-electron chi connectivity index (χ4n) is 2.60. The van der Waals surface area contributed by atoms with E-state index in [0.717, 1.165) is 39.1 Å². The molecule has 0 aromatic carbocycles. The lowest BCUT2D eigenvalue weighted by Gasteiger charge is -2.39. The topological polar surface area (TPSA) is 44.8 Å². The van der Waals surface area contributed by atoms with Crippen molar-refractivity contribution in [3.8, 4) is 0 Å². The number of hydrogen-bond acceptors (Lipinski definition) is 4. The van der Waals surface area contributed by atoms with Gasteiger partial charge in [0, 0.05) is 32.3 Å². The Morgan fingerprint density at radius 3 is 3.00 bits per heavy atom. The van der Waals surface area contributed by atoms with Crippen molar-refractivity contribution >= 4 is 5.91 Å². The van der Waals surface area contributed by atoms with Crippen LogP contribution in [0.3, 0.4) is 0 Å². The lowest BCUT2D eigenvalue weighted by molar-refractivity contribution is -0.139. The van der Waals surface area contributed by atoms with Gasteiger partial charge in [0.1, 0.15) is 0 Å². The molecule has 0 aromatic rings. The highest BCUT2D eigenvalue weighted by molar-refractivity contribution is 5.79. The normalized spacial score (nSPS) is 31.2. The van der Waals surface area contributed by atoms with E-state index in [9.17, 15) is 4.79 Å². The van der Waals surface area contributed by atoms with Crippen LogP contribution in [0.15, 0.2) is 0 Å². The zero-order chi connectivity index (χ0) is 12.3. The second kappa shape index (κ2) is 5.80. The molecule has 0 bridgehead atoms. The number of rotatable bonds is 4. The van der Waals surface area contributed by atoms with E-state index in [2.05, 4.69) is 10.2 Å². The highest BCUT2D eigenvalue weighted by Crippen LogP contribution is 2.16. The third-order valence-corrected chi connectivity index (χ3v) is 3.68. The number of amides is 1. The summed E-state index contributed by atoms with van der Waals surface area (Å²) >= 11 is 0. The third-order valence-electron chi connectivity index (χ3n) is 3.68. The minimum atomic E-state index is 0.232. The molecule has 2 heterocycles. The second-order valence-electron chi connectivity index (χ2n) is 5.06. The molecule has 2 aliphatic heterocycles. The minimum absolute atomic E-state index is 0.232. The van der Waals surface area contributed by atoms with Gasteiger partial charge in [-0.1, -0.05) is 0 Å². The summed E-state index contributed by atoms with van der Waals surface area (Å²) < 4.78 is 5.60. The van der Waals surface area contributed by atoms with Gasteiger partial charge in [0.2, 0.25) is 5.91 Å². The monoisotopic (exact) mass is 241 g/mol. The first kappa shape index (κ1) is 12.8. The Morgan fingerprint density at radius 1 is 1.53 bits per heavy atom. The minimum Gasteiger partial charge on any atom is -0.376 e. The Bertz CT molecular complexity index is 266. The first-order valence-corrected chi connectivity index (χ1v) is 6.45. The summed E-state index contributed by atoms with van der Waals surface area (Å²) in [5.41, 5.74) is 0. The standard InChI is InChI=1S/C12H23N3O2/c1-13-6-10-7-15(12(16)9-14(10)2)8-11-4-3-5-17-11/h10-11,13H,3-9H2,1-2H3. The molecule has 0 saturated carbocycles. The quantitative estimate of drug-likeness (QED) is 0.722. The number of likely N-dealkylation sites (N-methyl/N-ethyl adjacent to an activating group) is 2. The summed E-state index contributed by atoms with van der Waals surface area (Å²) in [4.78, 5) is 16.1. The summed E-state index contributed by atoms with van der Waals surface area (Å²) in [7, 11) is 3.97. The van der Waals surface area contributed by atoms with Gasteiger partial charge >= 0.3 is 0 Å². The molecule has 2 fully saturated rings. The van der Waals surface area contributed by atoms with Gasteiger partial charge in [-0.25, -0.2) is 0 Å². The van der Waals surface area contributed by atoms with Crippen LogP contribution in [-0.4, -0.2) is 74.7 Å². The second-order valence-corrected chi connectivity index (χ2v) is 5.06. The fourth-order valence-corrected chi connectivity index (χ4v) is 2.60. The van der Waals surface area contributed by atoms with E-state index in [1.165, 1.54) is 0 Å². The lowest BCUT2D eigenvalue weighted by Crippen LogP contribution is -2.58. The predicted molar refractivity (Wildman–Crippen MR) is 65.9 cm³/mol. The van der Waals surface area contributed by atoms with Crippen LogP contribution in [-0.2, 0) is 9.53 Å². The summed E-state index contributed by atoms with van der Waals surface area (Å²) in [6.45, 7) is 3.89. The molecule has 0 aliphatic carbocycles. The van der Waals surface area contributed by atoms with Crippen molar-refractivity contribution in [1.82, 2.24) is 15.1 Å². The Kier molecular flexibility index (Phi) is 4.36. The number of carbonyl (C=O) groups excluding carboxylic acids is 1.